The SMILES string of the molecule is CC(=O)C1=C(O)CC2CC3Cc4c(N(C)C)cc(-c5ccc(C)c(C)c5)c(O)c4C(=O)C3=C(O)C2C1=O. The van der Waals surface area contributed by atoms with Crippen molar-refractivity contribution in [1.82, 2.24) is 0 Å². The lowest BCUT2D eigenvalue weighted by molar-refractivity contribution is -0.125. The predicted molar refractivity (Wildman–Crippen MR) is 140 cm³/mol. The van der Waals surface area contributed by atoms with E-state index in [1.807, 2.05) is 57.1 Å². The highest BCUT2D eigenvalue weighted by molar-refractivity contribution is 6.22. The van der Waals surface area contributed by atoms with E-state index in [-0.39, 0.29) is 46.3 Å². The third kappa shape index (κ3) is 3.67. The van der Waals surface area contributed by atoms with Crippen LogP contribution in [0.5, 0.6) is 5.75 Å². The number of aliphatic hydroxyl groups is 2. The summed E-state index contributed by atoms with van der Waals surface area (Å²) in [6, 6.07) is 7.74. The zero-order chi connectivity index (χ0) is 26.9. The number of aromatic hydroxyl groups is 1. The normalized spacial score (nSPS) is 23.0. The van der Waals surface area contributed by atoms with Crippen LogP contribution >= 0.6 is 0 Å². The van der Waals surface area contributed by atoms with E-state index in [0.717, 1.165) is 22.4 Å². The summed E-state index contributed by atoms with van der Waals surface area (Å²) in [6.07, 6.45) is 0.899. The highest BCUT2D eigenvalue weighted by Gasteiger charge is 2.50. The second kappa shape index (κ2) is 8.61. The first-order valence-corrected chi connectivity index (χ1v) is 12.5. The molecule has 5 rings (SSSR count). The number of aliphatic hydroxyl groups excluding tert-OH is 2. The fraction of sp³-hybridized carbons (Fsp3) is 0.367. The zero-order valence-corrected chi connectivity index (χ0v) is 21.7. The van der Waals surface area contributed by atoms with Gasteiger partial charge in [-0.1, -0.05) is 18.2 Å². The number of carbonyl (C=O) groups is 3. The first-order valence-electron chi connectivity index (χ1n) is 12.5. The van der Waals surface area contributed by atoms with Gasteiger partial charge in [0.1, 0.15) is 17.3 Å². The van der Waals surface area contributed by atoms with E-state index in [0.29, 0.717) is 24.0 Å². The molecule has 0 saturated carbocycles. The van der Waals surface area contributed by atoms with Gasteiger partial charge in [-0.25, -0.2) is 0 Å². The van der Waals surface area contributed by atoms with Crippen LogP contribution in [0.4, 0.5) is 5.69 Å². The van der Waals surface area contributed by atoms with Crippen molar-refractivity contribution in [3.05, 3.63) is 69.2 Å². The van der Waals surface area contributed by atoms with Crippen LogP contribution in [0.1, 0.15) is 46.8 Å². The number of benzene rings is 2. The molecule has 0 radical (unpaired) electrons. The van der Waals surface area contributed by atoms with E-state index in [9.17, 15) is 29.7 Å². The Morgan fingerprint density at radius 1 is 1.00 bits per heavy atom. The molecule has 0 saturated heterocycles. The van der Waals surface area contributed by atoms with Crippen molar-refractivity contribution >= 4 is 23.0 Å². The van der Waals surface area contributed by atoms with Crippen molar-refractivity contribution in [3.8, 4) is 16.9 Å². The molecule has 7 heteroatoms. The van der Waals surface area contributed by atoms with Gasteiger partial charge in [-0.15, -0.1) is 0 Å². The lowest BCUT2D eigenvalue weighted by atomic mass is 9.62. The number of Topliss-reactive ketones (excluding diaryl/α,β-unsaturated/α-hetero) is 3. The van der Waals surface area contributed by atoms with Gasteiger partial charge in [-0.05, 0) is 73.8 Å². The number of nitrogens with zero attached hydrogens (tertiary/aromatic N) is 1. The van der Waals surface area contributed by atoms with Crippen LogP contribution in [0, 0.1) is 31.6 Å². The maximum absolute atomic E-state index is 14.0. The Morgan fingerprint density at radius 2 is 1.70 bits per heavy atom. The number of aryl methyl sites for hydroxylation is 2. The summed E-state index contributed by atoms with van der Waals surface area (Å²) in [5, 5.41) is 33.1. The largest absolute Gasteiger partial charge is 0.511 e. The van der Waals surface area contributed by atoms with Gasteiger partial charge in [-0.3, -0.25) is 14.4 Å². The molecule has 3 unspecified atom stereocenters. The minimum atomic E-state index is -1.05. The molecule has 3 aliphatic carbocycles. The summed E-state index contributed by atoms with van der Waals surface area (Å²) in [7, 11) is 3.76. The molecule has 0 spiro atoms. The van der Waals surface area contributed by atoms with Crippen LogP contribution in [-0.4, -0.2) is 46.8 Å². The van der Waals surface area contributed by atoms with Crippen LogP contribution in [0.3, 0.4) is 0 Å². The van der Waals surface area contributed by atoms with Crippen molar-refractivity contribution < 1.29 is 29.7 Å². The molecule has 37 heavy (non-hydrogen) atoms. The topological polar surface area (TPSA) is 115 Å². The Morgan fingerprint density at radius 3 is 2.32 bits per heavy atom. The Labute approximate surface area is 215 Å². The number of carbonyl (C=O) groups excluding carboxylic acids is 3. The third-order valence-corrected chi connectivity index (χ3v) is 8.27. The van der Waals surface area contributed by atoms with Crippen LogP contribution in [0.15, 0.2) is 46.9 Å². The van der Waals surface area contributed by atoms with Gasteiger partial charge in [0, 0.05) is 37.3 Å². The molecular weight excluding hydrogens is 470 g/mol. The van der Waals surface area contributed by atoms with Crippen LogP contribution < -0.4 is 4.90 Å². The van der Waals surface area contributed by atoms with E-state index in [2.05, 4.69) is 0 Å². The molecule has 0 bridgehead atoms. The second-order valence-electron chi connectivity index (χ2n) is 10.8. The quantitative estimate of drug-likeness (QED) is 0.512. The molecule has 2 aromatic rings. The van der Waals surface area contributed by atoms with E-state index < -0.39 is 29.2 Å². The highest BCUT2D eigenvalue weighted by Crippen LogP contribution is 2.52. The Bertz CT molecular complexity index is 1460. The van der Waals surface area contributed by atoms with Gasteiger partial charge in [0.2, 0.25) is 0 Å². The lowest BCUT2D eigenvalue weighted by Gasteiger charge is -2.41. The van der Waals surface area contributed by atoms with Gasteiger partial charge in [0.05, 0.1) is 17.1 Å². The number of anilines is 1. The van der Waals surface area contributed by atoms with Gasteiger partial charge in [0.25, 0.3) is 0 Å². The predicted octanol–water partition coefficient (Wildman–Crippen LogP) is 4.92. The van der Waals surface area contributed by atoms with Crippen LogP contribution in [0.25, 0.3) is 11.1 Å². The summed E-state index contributed by atoms with van der Waals surface area (Å²) in [5.41, 5.74) is 4.94. The first-order chi connectivity index (χ1) is 17.4. The number of rotatable bonds is 3. The average Bonchev–Trinajstić information content (AvgIpc) is 2.80. The van der Waals surface area contributed by atoms with E-state index in [1.54, 1.807) is 0 Å². The molecule has 3 aliphatic rings. The smallest absolute Gasteiger partial charge is 0.196 e. The van der Waals surface area contributed by atoms with Crippen molar-refractivity contribution in [3.63, 3.8) is 0 Å². The zero-order valence-electron chi connectivity index (χ0n) is 21.7. The molecule has 2 aromatic carbocycles. The second-order valence-corrected chi connectivity index (χ2v) is 10.8. The van der Waals surface area contributed by atoms with E-state index >= 15 is 0 Å². The lowest BCUT2D eigenvalue weighted by Crippen LogP contribution is -2.42. The fourth-order valence-electron chi connectivity index (χ4n) is 6.33. The molecule has 3 atom stereocenters. The molecule has 192 valence electrons. The Balaban J connectivity index is 1.70. The molecule has 3 N–H and O–H groups in total. The summed E-state index contributed by atoms with van der Waals surface area (Å²) in [6.45, 7) is 5.20. The Kier molecular flexibility index (Phi) is 5.77. The molecule has 0 fully saturated rings. The molecule has 0 aromatic heterocycles. The number of hydrogen-bond donors (Lipinski definition) is 3. The number of phenols is 1. The minimum absolute atomic E-state index is 0.0949. The average molecular weight is 502 g/mol. The number of fused-ring (bicyclic) bond motifs is 3. The molecule has 0 heterocycles. The summed E-state index contributed by atoms with van der Waals surface area (Å²) < 4.78 is 0. The van der Waals surface area contributed by atoms with Gasteiger partial charge >= 0.3 is 0 Å². The fourth-order valence-corrected chi connectivity index (χ4v) is 6.33. The van der Waals surface area contributed by atoms with Crippen molar-refractivity contribution in [2.24, 2.45) is 17.8 Å². The number of phenolic OH excluding ortho intramolecular Hbond substituents is 1. The monoisotopic (exact) mass is 501 g/mol. The summed E-state index contributed by atoms with van der Waals surface area (Å²) in [5.74, 6) is -4.27. The standard InChI is InChI=1S/C30H31NO6/c1-13-6-7-16(8-14(13)2)19-12-21(31(4)5)20-10-17-9-18-11-22(33)23(15(3)32)28(35)25(18)29(36)24(17)30(37)26(20)27(19)34/h6-8,12,17-18,25,33-34,36H,9-11H2,1-5H3. The van der Waals surface area contributed by atoms with Crippen molar-refractivity contribution in [1.29, 1.82) is 0 Å². The third-order valence-electron chi connectivity index (χ3n) is 8.27. The summed E-state index contributed by atoms with van der Waals surface area (Å²) >= 11 is 0. The number of ketones is 3. The van der Waals surface area contributed by atoms with Crippen molar-refractivity contribution in [2.75, 3.05) is 19.0 Å². The van der Waals surface area contributed by atoms with Gasteiger partial charge in [0.15, 0.2) is 17.3 Å². The van der Waals surface area contributed by atoms with Crippen molar-refractivity contribution in [2.45, 2.75) is 40.0 Å². The summed E-state index contributed by atoms with van der Waals surface area (Å²) in [4.78, 5) is 41.1. The highest BCUT2D eigenvalue weighted by atomic mass is 16.3. The number of hydrogen-bond acceptors (Lipinski definition) is 7. The van der Waals surface area contributed by atoms with E-state index in [4.69, 9.17) is 0 Å². The molecule has 7 nitrogen and oxygen atoms in total. The first kappa shape index (κ1) is 24.8. The maximum atomic E-state index is 14.0. The van der Waals surface area contributed by atoms with Gasteiger partial charge in [-0.2, -0.15) is 0 Å². The molecule has 0 amide bonds. The molecule has 0 aliphatic heterocycles. The number of allylic oxidation sites excluding steroid dienone is 4. The Hall–Kier alpha value is -3.87. The minimum Gasteiger partial charge on any atom is -0.511 e. The van der Waals surface area contributed by atoms with Crippen LogP contribution in [0.2, 0.25) is 0 Å². The van der Waals surface area contributed by atoms with E-state index in [1.165, 1.54) is 6.92 Å². The molecular formula is C30H31NO6. The van der Waals surface area contributed by atoms with Crippen LogP contribution in [-0.2, 0) is 16.0 Å². The maximum Gasteiger partial charge on any atom is 0.196 e. The van der Waals surface area contributed by atoms with Gasteiger partial charge < -0.3 is 20.2 Å².